The molecule has 1 amide bonds. The van der Waals surface area contributed by atoms with Gasteiger partial charge in [0, 0.05) is 24.7 Å². The fraction of sp³-hybridized carbons (Fsp3) is 0.533. The Labute approximate surface area is 118 Å². The third-order valence-electron chi connectivity index (χ3n) is 4.25. The lowest BCUT2D eigenvalue weighted by Gasteiger charge is -2.40. The van der Waals surface area contributed by atoms with Crippen molar-refractivity contribution in [1.82, 2.24) is 14.9 Å². The van der Waals surface area contributed by atoms with E-state index in [0.29, 0.717) is 12.3 Å². The number of likely N-dealkylation sites (tertiary alicyclic amines) is 1. The molecule has 0 saturated carbocycles. The van der Waals surface area contributed by atoms with Crippen molar-refractivity contribution in [2.75, 3.05) is 26.3 Å². The fourth-order valence-corrected chi connectivity index (χ4v) is 2.92. The van der Waals surface area contributed by atoms with Gasteiger partial charge in [-0.2, -0.15) is 0 Å². The number of nitrogens with zero attached hydrogens (tertiary/aromatic N) is 3. The van der Waals surface area contributed by atoms with Crippen LogP contribution >= 0.6 is 0 Å². The number of carbonyl (C=O) groups excluding carboxylic acids is 1. The Hall–Kier alpha value is -1.75. The summed E-state index contributed by atoms with van der Waals surface area (Å²) in [5.41, 5.74) is 0.697. The standard InChI is InChI=1S/C15H19N3O2/c19-14(13-3-7-16-12-17-13)18-8-5-15(6-9-18)4-1-2-10-20-11-15/h1-3,7,12H,4-6,8-11H2. The summed E-state index contributed by atoms with van der Waals surface area (Å²) in [5.74, 6) is 0.00679. The third kappa shape index (κ3) is 2.72. The summed E-state index contributed by atoms with van der Waals surface area (Å²) >= 11 is 0. The van der Waals surface area contributed by atoms with Gasteiger partial charge in [-0.25, -0.2) is 9.97 Å². The predicted molar refractivity (Wildman–Crippen MR) is 74.2 cm³/mol. The number of hydrogen-bond donors (Lipinski definition) is 0. The zero-order chi connectivity index (χ0) is 13.8. The van der Waals surface area contributed by atoms with Gasteiger partial charge in [0.1, 0.15) is 12.0 Å². The minimum Gasteiger partial charge on any atom is -0.377 e. The van der Waals surface area contributed by atoms with E-state index in [0.717, 1.165) is 39.0 Å². The van der Waals surface area contributed by atoms with Crippen molar-refractivity contribution >= 4 is 5.91 Å². The number of carbonyl (C=O) groups is 1. The Bertz CT molecular complexity index is 493. The van der Waals surface area contributed by atoms with Crippen molar-refractivity contribution in [3.8, 4) is 0 Å². The highest BCUT2D eigenvalue weighted by Crippen LogP contribution is 2.37. The van der Waals surface area contributed by atoms with Crippen molar-refractivity contribution in [1.29, 1.82) is 0 Å². The molecule has 2 aliphatic heterocycles. The molecule has 0 aliphatic carbocycles. The number of rotatable bonds is 1. The van der Waals surface area contributed by atoms with Crippen LogP contribution in [-0.4, -0.2) is 47.1 Å². The highest BCUT2D eigenvalue weighted by atomic mass is 16.5. The number of amides is 1. The van der Waals surface area contributed by atoms with Gasteiger partial charge in [-0.05, 0) is 25.3 Å². The first kappa shape index (κ1) is 13.2. The molecule has 0 unspecified atom stereocenters. The normalized spacial score (nSPS) is 21.7. The van der Waals surface area contributed by atoms with E-state index in [2.05, 4.69) is 22.1 Å². The van der Waals surface area contributed by atoms with Gasteiger partial charge in [0.25, 0.3) is 5.91 Å². The van der Waals surface area contributed by atoms with E-state index in [9.17, 15) is 4.79 Å². The summed E-state index contributed by atoms with van der Waals surface area (Å²) in [7, 11) is 0. The largest absolute Gasteiger partial charge is 0.377 e. The Morgan fingerprint density at radius 2 is 2.15 bits per heavy atom. The van der Waals surface area contributed by atoms with Gasteiger partial charge in [0.15, 0.2) is 0 Å². The van der Waals surface area contributed by atoms with Crippen LogP contribution in [0.15, 0.2) is 30.7 Å². The second kappa shape index (κ2) is 5.71. The molecule has 5 nitrogen and oxygen atoms in total. The first-order valence-electron chi connectivity index (χ1n) is 7.07. The minimum atomic E-state index is 0.00679. The summed E-state index contributed by atoms with van der Waals surface area (Å²) < 4.78 is 5.66. The molecule has 0 bridgehead atoms. The van der Waals surface area contributed by atoms with E-state index in [1.54, 1.807) is 12.3 Å². The first-order chi connectivity index (χ1) is 9.79. The summed E-state index contributed by atoms with van der Waals surface area (Å²) in [6, 6.07) is 1.67. The molecular weight excluding hydrogens is 254 g/mol. The molecule has 2 aliphatic rings. The Morgan fingerprint density at radius 1 is 1.30 bits per heavy atom. The molecule has 106 valence electrons. The molecule has 1 fully saturated rings. The molecule has 3 rings (SSSR count). The lowest BCUT2D eigenvalue weighted by Crippen LogP contribution is -2.44. The van der Waals surface area contributed by atoms with E-state index in [1.807, 2.05) is 4.90 Å². The number of ether oxygens (including phenoxy) is 1. The van der Waals surface area contributed by atoms with E-state index >= 15 is 0 Å². The maximum absolute atomic E-state index is 12.3. The molecular formula is C15H19N3O2. The summed E-state index contributed by atoms with van der Waals surface area (Å²) in [5, 5.41) is 0. The molecule has 0 N–H and O–H groups in total. The van der Waals surface area contributed by atoms with Crippen LogP contribution in [0.2, 0.25) is 0 Å². The summed E-state index contributed by atoms with van der Waals surface area (Å²) in [4.78, 5) is 22.1. The van der Waals surface area contributed by atoms with Gasteiger partial charge < -0.3 is 9.64 Å². The van der Waals surface area contributed by atoms with Gasteiger partial charge in [0.05, 0.1) is 13.2 Å². The third-order valence-corrected chi connectivity index (χ3v) is 4.25. The molecule has 1 saturated heterocycles. The molecule has 3 heterocycles. The predicted octanol–water partition coefficient (Wildman–Crippen LogP) is 1.68. The molecule has 1 spiro atoms. The van der Waals surface area contributed by atoms with Crippen LogP contribution < -0.4 is 0 Å². The second-order valence-corrected chi connectivity index (χ2v) is 5.58. The molecule has 0 aromatic carbocycles. The van der Waals surface area contributed by atoms with Gasteiger partial charge in [-0.3, -0.25) is 4.79 Å². The van der Waals surface area contributed by atoms with Gasteiger partial charge in [-0.1, -0.05) is 12.2 Å². The van der Waals surface area contributed by atoms with Gasteiger partial charge in [-0.15, -0.1) is 0 Å². The maximum atomic E-state index is 12.3. The van der Waals surface area contributed by atoms with Crippen LogP contribution in [0.4, 0.5) is 0 Å². The van der Waals surface area contributed by atoms with Crippen LogP contribution in [-0.2, 0) is 4.74 Å². The van der Waals surface area contributed by atoms with E-state index in [-0.39, 0.29) is 11.3 Å². The number of hydrogen-bond acceptors (Lipinski definition) is 4. The number of aromatic nitrogens is 2. The zero-order valence-corrected chi connectivity index (χ0v) is 11.5. The maximum Gasteiger partial charge on any atom is 0.272 e. The quantitative estimate of drug-likeness (QED) is 0.730. The Morgan fingerprint density at radius 3 is 2.90 bits per heavy atom. The van der Waals surface area contributed by atoms with Crippen LogP contribution in [0, 0.1) is 5.41 Å². The zero-order valence-electron chi connectivity index (χ0n) is 11.5. The van der Waals surface area contributed by atoms with Crippen molar-refractivity contribution in [2.24, 2.45) is 5.41 Å². The molecule has 1 aromatic heterocycles. The Balaban J connectivity index is 1.63. The van der Waals surface area contributed by atoms with Crippen LogP contribution in [0.1, 0.15) is 29.8 Å². The van der Waals surface area contributed by atoms with Crippen molar-refractivity contribution < 1.29 is 9.53 Å². The summed E-state index contributed by atoms with van der Waals surface area (Å²) in [6.45, 7) is 3.07. The SMILES string of the molecule is O=C(c1ccncn1)N1CCC2(CC=CCOC2)CC1. The van der Waals surface area contributed by atoms with E-state index in [4.69, 9.17) is 4.74 Å². The molecule has 1 aromatic rings. The van der Waals surface area contributed by atoms with Crippen molar-refractivity contribution in [2.45, 2.75) is 19.3 Å². The van der Waals surface area contributed by atoms with Gasteiger partial charge in [0.2, 0.25) is 0 Å². The monoisotopic (exact) mass is 273 g/mol. The lowest BCUT2D eigenvalue weighted by atomic mass is 9.76. The average molecular weight is 273 g/mol. The van der Waals surface area contributed by atoms with Crippen LogP contribution in [0.25, 0.3) is 0 Å². The molecule has 0 atom stereocenters. The first-order valence-corrected chi connectivity index (χ1v) is 7.07. The second-order valence-electron chi connectivity index (χ2n) is 5.58. The van der Waals surface area contributed by atoms with Crippen molar-refractivity contribution in [3.63, 3.8) is 0 Å². The fourth-order valence-electron chi connectivity index (χ4n) is 2.92. The highest BCUT2D eigenvalue weighted by Gasteiger charge is 2.36. The minimum absolute atomic E-state index is 0.00679. The highest BCUT2D eigenvalue weighted by molar-refractivity contribution is 5.92. The summed E-state index contributed by atoms with van der Waals surface area (Å²) in [6.07, 6.45) is 10.4. The Kier molecular flexibility index (Phi) is 3.78. The molecule has 0 radical (unpaired) electrons. The van der Waals surface area contributed by atoms with Gasteiger partial charge >= 0.3 is 0 Å². The van der Waals surface area contributed by atoms with Crippen LogP contribution in [0.3, 0.4) is 0 Å². The number of allylic oxidation sites excluding steroid dienone is 1. The van der Waals surface area contributed by atoms with Crippen LogP contribution in [0.5, 0.6) is 0 Å². The smallest absolute Gasteiger partial charge is 0.272 e. The average Bonchev–Trinajstić information content (AvgIpc) is 2.74. The lowest BCUT2D eigenvalue weighted by molar-refractivity contribution is 0.0161. The molecule has 20 heavy (non-hydrogen) atoms. The van der Waals surface area contributed by atoms with Crippen molar-refractivity contribution in [3.05, 3.63) is 36.4 Å². The van der Waals surface area contributed by atoms with E-state index in [1.165, 1.54) is 6.33 Å². The molecule has 5 heteroatoms. The van der Waals surface area contributed by atoms with E-state index < -0.39 is 0 Å². The topological polar surface area (TPSA) is 55.3 Å². The number of piperidine rings is 1.